The summed E-state index contributed by atoms with van der Waals surface area (Å²) < 4.78 is 45.1. The molecule has 0 aliphatic carbocycles. The predicted octanol–water partition coefficient (Wildman–Crippen LogP) is 4.53. The zero-order valence-corrected chi connectivity index (χ0v) is 21.0. The lowest BCUT2D eigenvalue weighted by atomic mass is 9.98. The van der Waals surface area contributed by atoms with Crippen LogP contribution in [0.5, 0.6) is 0 Å². The lowest BCUT2D eigenvalue weighted by Gasteiger charge is -2.19. The van der Waals surface area contributed by atoms with Gasteiger partial charge in [0.05, 0.1) is 11.8 Å². The van der Waals surface area contributed by atoms with Gasteiger partial charge in [-0.3, -0.25) is 9.78 Å². The number of hydrogen-bond donors (Lipinski definition) is 2. The zero-order chi connectivity index (χ0) is 27.1. The molecule has 196 valence electrons. The zero-order valence-electron chi connectivity index (χ0n) is 20.2. The van der Waals surface area contributed by atoms with Gasteiger partial charge in [-0.25, -0.2) is 4.98 Å². The Hall–Kier alpha value is -4.72. The summed E-state index contributed by atoms with van der Waals surface area (Å²) in [6.45, 7) is 3.31. The van der Waals surface area contributed by atoms with Gasteiger partial charge in [0, 0.05) is 53.8 Å². The fraction of sp³-hybridized carbons (Fsp3) is 0.160. The Morgan fingerprint density at radius 1 is 1.13 bits per heavy atom. The van der Waals surface area contributed by atoms with E-state index in [-0.39, 0.29) is 5.69 Å². The van der Waals surface area contributed by atoms with E-state index in [4.69, 9.17) is 0 Å². The topological polar surface area (TPSA) is 123 Å². The van der Waals surface area contributed by atoms with Crippen molar-refractivity contribution in [3.63, 3.8) is 0 Å². The molecule has 3 aliphatic rings. The van der Waals surface area contributed by atoms with E-state index in [0.717, 1.165) is 57.9 Å². The first-order chi connectivity index (χ1) is 18.8. The van der Waals surface area contributed by atoms with Gasteiger partial charge in [-0.1, -0.05) is 10.6 Å². The minimum Gasteiger partial charge on any atom is -0.369 e. The van der Waals surface area contributed by atoms with Crippen molar-refractivity contribution in [3.05, 3.63) is 77.4 Å². The summed E-state index contributed by atoms with van der Waals surface area (Å²) in [7, 11) is 0. The van der Waals surface area contributed by atoms with Crippen LogP contribution in [0.25, 0.3) is 22.5 Å². The van der Waals surface area contributed by atoms with Crippen LogP contribution in [0, 0.1) is 6.92 Å². The Bertz CT molecular complexity index is 1750. The van der Waals surface area contributed by atoms with E-state index in [0.29, 0.717) is 35.2 Å². The van der Waals surface area contributed by atoms with Crippen molar-refractivity contribution in [2.75, 3.05) is 17.2 Å². The van der Waals surface area contributed by atoms with Gasteiger partial charge in [-0.05, 0) is 48.4 Å². The summed E-state index contributed by atoms with van der Waals surface area (Å²) in [6.07, 6.45) is -0.370. The fourth-order valence-electron chi connectivity index (χ4n) is 4.35. The molecule has 2 aromatic heterocycles. The molecule has 5 heterocycles. The minimum absolute atomic E-state index is 0.298. The number of carbonyl (C=O) groups is 1. The number of rotatable bonds is 4. The van der Waals surface area contributed by atoms with Crippen molar-refractivity contribution in [3.8, 4) is 22.5 Å². The summed E-state index contributed by atoms with van der Waals surface area (Å²) in [5.41, 5.74) is 2.87. The summed E-state index contributed by atoms with van der Waals surface area (Å²) in [6, 6.07) is 8.82. The highest BCUT2D eigenvalue weighted by molar-refractivity contribution is 7.09. The average Bonchev–Trinajstić information content (AvgIpc) is 3.62. The van der Waals surface area contributed by atoms with Crippen LogP contribution < -0.4 is 16.3 Å². The molecule has 0 radical (unpaired) electrons. The number of nitrogens with one attached hydrogen (secondary N) is 2. The normalized spacial score (nSPS) is 13.4. The molecule has 0 saturated carbocycles. The van der Waals surface area contributed by atoms with Gasteiger partial charge in [-0.15, -0.1) is 5.10 Å². The lowest BCUT2D eigenvalue weighted by Crippen LogP contribution is -2.17. The molecule has 3 aromatic rings. The van der Waals surface area contributed by atoms with Crippen LogP contribution in [0.1, 0.15) is 21.6 Å². The molecule has 2 N–H and O–H groups in total. The Morgan fingerprint density at radius 3 is 2.79 bits per heavy atom. The molecule has 0 fully saturated rings. The van der Waals surface area contributed by atoms with Crippen molar-refractivity contribution >= 4 is 33.9 Å². The number of hydrogen-bond acceptors (Lipinski definition) is 9. The van der Waals surface area contributed by atoms with Crippen molar-refractivity contribution < 1.29 is 18.0 Å². The van der Waals surface area contributed by atoms with Crippen LogP contribution >= 0.6 is 11.5 Å². The van der Waals surface area contributed by atoms with Crippen LogP contribution in [-0.2, 0) is 12.7 Å². The standard InChI is InChI=1S/C25H18F3N9OS/c1-13-2-3-16(33-23(38)19-9-15(4-5-29-19)25(26,27)28)10-17(13)18-8-14-11-31-24(34-20-12-32-36-39-20)35-21(14)37-7-6-30-22(18)37/h2-5,8-12,30H,6-7H2,1H3,(H,33,38)/b34-24+. The molecule has 0 saturated heterocycles. The number of carbonyl (C=O) groups excluding carboxylic acids is 1. The van der Waals surface area contributed by atoms with Crippen LogP contribution in [0.15, 0.2) is 60.0 Å². The van der Waals surface area contributed by atoms with Gasteiger partial charge in [0.15, 0.2) is 5.00 Å². The molecule has 0 atom stereocenters. The van der Waals surface area contributed by atoms with Gasteiger partial charge < -0.3 is 15.2 Å². The number of alkyl halides is 3. The van der Waals surface area contributed by atoms with E-state index in [9.17, 15) is 18.0 Å². The molecule has 10 nitrogen and oxygen atoms in total. The van der Waals surface area contributed by atoms with Gasteiger partial charge in [-0.2, -0.15) is 23.1 Å². The molecule has 14 heteroatoms. The first kappa shape index (κ1) is 24.6. The highest BCUT2D eigenvalue weighted by atomic mass is 32.1. The van der Waals surface area contributed by atoms with Crippen LogP contribution in [0.4, 0.5) is 29.7 Å². The minimum atomic E-state index is -4.58. The molecular weight excluding hydrogens is 531 g/mol. The van der Waals surface area contributed by atoms with Crippen LogP contribution in [-0.4, -0.2) is 41.6 Å². The molecule has 6 rings (SSSR count). The number of aryl methyl sites for hydroxylation is 1. The van der Waals surface area contributed by atoms with E-state index in [1.807, 2.05) is 23.6 Å². The third-order valence-corrected chi connectivity index (χ3v) is 6.72. The second kappa shape index (κ2) is 9.54. The van der Waals surface area contributed by atoms with E-state index in [2.05, 4.69) is 40.2 Å². The molecular formula is C25H18F3N9OS. The molecule has 3 aliphatic heterocycles. The summed E-state index contributed by atoms with van der Waals surface area (Å²) in [5, 5.41) is 10.4. The number of aromatic nitrogens is 6. The van der Waals surface area contributed by atoms with Crippen LogP contribution in [0.2, 0.25) is 0 Å². The Morgan fingerprint density at radius 2 is 2.00 bits per heavy atom. The first-order valence-electron chi connectivity index (χ1n) is 11.7. The lowest BCUT2D eigenvalue weighted by molar-refractivity contribution is -0.137. The Labute approximate surface area is 222 Å². The van der Waals surface area contributed by atoms with E-state index >= 15 is 0 Å². The number of anilines is 2. The highest BCUT2D eigenvalue weighted by Crippen LogP contribution is 2.39. The number of halogens is 3. The second-order valence-electron chi connectivity index (χ2n) is 8.71. The van der Waals surface area contributed by atoms with Crippen molar-refractivity contribution in [2.45, 2.75) is 19.6 Å². The monoisotopic (exact) mass is 549 g/mol. The van der Waals surface area contributed by atoms with Gasteiger partial charge in [0.1, 0.15) is 17.3 Å². The highest BCUT2D eigenvalue weighted by Gasteiger charge is 2.31. The quantitative estimate of drug-likeness (QED) is 0.338. The predicted molar refractivity (Wildman–Crippen MR) is 138 cm³/mol. The van der Waals surface area contributed by atoms with Crippen molar-refractivity contribution in [1.82, 2.24) is 29.1 Å². The largest absolute Gasteiger partial charge is 0.416 e. The van der Waals surface area contributed by atoms with Gasteiger partial charge in [0.2, 0.25) is 0 Å². The molecule has 1 amide bonds. The smallest absolute Gasteiger partial charge is 0.369 e. The summed E-state index contributed by atoms with van der Waals surface area (Å²) in [4.78, 5) is 30.0. The summed E-state index contributed by atoms with van der Waals surface area (Å²) >= 11 is 1.14. The second-order valence-corrected chi connectivity index (χ2v) is 9.48. The first-order valence-corrected chi connectivity index (χ1v) is 12.5. The maximum absolute atomic E-state index is 13.1. The number of pyridine rings is 2. The molecule has 0 spiro atoms. The Kier molecular flexibility index (Phi) is 6.02. The summed E-state index contributed by atoms with van der Waals surface area (Å²) in [5.74, 6) is 0.813. The number of benzene rings is 1. The molecule has 1 aromatic carbocycles. The van der Waals surface area contributed by atoms with E-state index in [1.165, 1.54) is 6.20 Å². The molecule has 0 unspecified atom stereocenters. The van der Waals surface area contributed by atoms with E-state index < -0.39 is 17.6 Å². The SMILES string of the molecule is Cc1ccc(NC(=O)c2cc(C(F)(F)F)ccn2)cc1-c1cc2cn/c(=N\c3cnns3)nc-2n2c1NCC2. The average molecular weight is 550 g/mol. The maximum atomic E-state index is 13.1. The van der Waals surface area contributed by atoms with Crippen molar-refractivity contribution in [1.29, 1.82) is 0 Å². The Balaban J connectivity index is 1.38. The maximum Gasteiger partial charge on any atom is 0.416 e. The molecule has 0 bridgehead atoms. The van der Waals surface area contributed by atoms with Crippen LogP contribution in [0.3, 0.4) is 0 Å². The van der Waals surface area contributed by atoms with E-state index in [1.54, 1.807) is 18.3 Å². The number of nitrogens with zero attached hydrogens (tertiary/aromatic N) is 7. The van der Waals surface area contributed by atoms with Gasteiger partial charge >= 0.3 is 6.18 Å². The number of fused-ring (bicyclic) bond motifs is 3. The third kappa shape index (κ3) is 4.81. The molecule has 39 heavy (non-hydrogen) atoms. The van der Waals surface area contributed by atoms with Gasteiger partial charge in [0.25, 0.3) is 11.5 Å². The number of amides is 1. The third-order valence-electron chi connectivity index (χ3n) is 6.16. The van der Waals surface area contributed by atoms with Crippen molar-refractivity contribution in [2.24, 2.45) is 4.99 Å². The fourth-order valence-corrected chi connectivity index (χ4v) is 4.74.